The number of carbonyl (C=O) groups is 1. The van der Waals surface area contributed by atoms with Crippen molar-refractivity contribution in [1.29, 1.82) is 0 Å². The number of piperazine rings is 1. The standard InChI is InChI=1S/C20H18ClN5O2S/c21-14-3-4-18-22-15(12-26(18)10-14)11-24-5-7-25(8-6-24)20(27)16-13-29-19(23-16)17-2-1-9-28-17/h1-4,9-10,12-13H,5-8,11H2. The van der Waals surface area contributed by atoms with E-state index in [0.29, 0.717) is 29.6 Å². The Hall–Kier alpha value is -2.68. The van der Waals surface area contributed by atoms with Crippen molar-refractivity contribution >= 4 is 34.5 Å². The minimum Gasteiger partial charge on any atom is -0.462 e. The molecule has 0 unspecified atom stereocenters. The Balaban J connectivity index is 1.20. The van der Waals surface area contributed by atoms with Crippen molar-refractivity contribution in [3.05, 3.63) is 64.7 Å². The highest BCUT2D eigenvalue weighted by Crippen LogP contribution is 2.24. The van der Waals surface area contributed by atoms with Crippen LogP contribution in [0.15, 0.2) is 52.7 Å². The summed E-state index contributed by atoms with van der Waals surface area (Å²) in [6.45, 7) is 3.70. The minimum atomic E-state index is -0.0268. The zero-order chi connectivity index (χ0) is 19.8. The zero-order valence-electron chi connectivity index (χ0n) is 15.5. The number of thiazole rings is 1. The number of rotatable bonds is 4. The second kappa shape index (κ2) is 7.62. The van der Waals surface area contributed by atoms with E-state index in [4.69, 9.17) is 16.0 Å². The molecule has 0 bridgehead atoms. The number of carbonyl (C=O) groups excluding carboxylic acids is 1. The summed E-state index contributed by atoms with van der Waals surface area (Å²) >= 11 is 7.46. The summed E-state index contributed by atoms with van der Waals surface area (Å²) < 4.78 is 7.30. The Morgan fingerprint density at radius 3 is 2.79 bits per heavy atom. The first kappa shape index (κ1) is 18.4. The number of halogens is 1. The van der Waals surface area contributed by atoms with Crippen LogP contribution in [0.2, 0.25) is 5.02 Å². The summed E-state index contributed by atoms with van der Waals surface area (Å²) in [5.74, 6) is 0.661. The third kappa shape index (κ3) is 3.78. The summed E-state index contributed by atoms with van der Waals surface area (Å²) in [5.41, 5.74) is 2.36. The molecular formula is C20H18ClN5O2S. The van der Waals surface area contributed by atoms with E-state index in [1.165, 1.54) is 11.3 Å². The molecule has 0 radical (unpaired) electrons. The van der Waals surface area contributed by atoms with Crippen LogP contribution in [0.1, 0.15) is 16.2 Å². The number of hydrogen-bond acceptors (Lipinski definition) is 6. The van der Waals surface area contributed by atoms with Gasteiger partial charge in [-0.2, -0.15) is 0 Å². The molecule has 4 aromatic rings. The van der Waals surface area contributed by atoms with Gasteiger partial charge in [0.05, 0.1) is 17.0 Å². The molecule has 1 aliphatic heterocycles. The van der Waals surface area contributed by atoms with Crippen molar-refractivity contribution in [2.75, 3.05) is 26.2 Å². The molecule has 0 N–H and O–H groups in total. The van der Waals surface area contributed by atoms with Gasteiger partial charge < -0.3 is 13.7 Å². The van der Waals surface area contributed by atoms with Crippen molar-refractivity contribution in [3.63, 3.8) is 0 Å². The lowest BCUT2D eigenvalue weighted by Crippen LogP contribution is -2.48. The monoisotopic (exact) mass is 427 g/mol. The average Bonchev–Trinajstić information content (AvgIpc) is 3.47. The maximum atomic E-state index is 12.8. The van der Waals surface area contributed by atoms with Crippen LogP contribution >= 0.6 is 22.9 Å². The number of fused-ring (bicyclic) bond motifs is 1. The Morgan fingerprint density at radius 2 is 2.00 bits per heavy atom. The van der Waals surface area contributed by atoms with Crippen molar-refractivity contribution in [3.8, 4) is 10.8 Å². The fourth-order valence-corrected chi connectivity index (χ4v) is 4.41. The van der Waals surface area contributed by atoms with Gasteiger partial charge in [0.25, 0.3) is 5.91 Å². The van der Waals surface area contributed by atoms with Crippen LogP contribution in [0.25, 0.3) is 16.4 Å². The van der Waals surface area contributed by atoms with Gasteiger partial charge >= 0.3 is 0 Å². The summed E-state index contributed by atoms with van der Waals surface area (Å²) in [6, 6.07) is 7.41. The van der Waals surface area contributed by atoms with Crippen LogP contribution in [0.3, 0.4) is 0 Å². The second-order valence-electron chi connectivity index (χ2n) is 6.93. The lowest BCUT2D eigenvalue weighted by Gasteiger charge is -2.34. The molecule has 148 valence electrons. The molecule has 0 aromatic carbocycles. The average molecular weight is 428 g/mol. The molecule has 0 atom stereocenters. The molecule has 1 amide bonds. The van der Waals surface area contributed by atoms with Gasteiger partial charge in [0.1, 0.15) is 11.3 Å². The van der Waals surface area contributed by atoms with Gasteiger partial charge in [-0.05, 0) is 24.3 Å². The van der Waals surface area contributed by atoms with Crippen molar-refractivity contribution in [2.24, 2.45) is 0 Å². The third-order valence-electron chi connectivity index (χ3n) is 4.97. The predicted octanol–water partition coefficient (Wildman–Crippen LogP) is 3.66. The van der Waals surface area contributed by atoms with Crippen molar-refractivity contribution in [2.45, 2.75) is 6.54 Å². The van der Waals surface area contributed by atoms with Crippen LogP contribution in [0.4, 0.5) is 0 Å². The maximum absolute atomic E-state index is 12.8. The predicted molar refractivity (Wildman–Crippen MR) is 111 cm³/mol. The lowest BCUT2D eigenvalue weighted by molar-refractivity contribution is 0.0622. The molecule has 4 aromatic heterocycles. The highest BCUT2D eigenvalue weighted by Gasteiger charge is 2.24. The molecular weight excluding hydrogens is 410 g/mol. The van der Waals surface area contributed by atoms with Crippen LogP contribution in [0, 0.1) is 0 Å². The molecule has 5 rings (SSSR count). The maximum Gasteiger partial charge on any atom is 0.273 e. The SMILES string of the molecule is O=C(c1csc(-c2ccco2)n1)N1CCN(Cc2cn3cc(Cl)ccc3n2)CC1. The molecule has 0 aliphatic carbocycles. The number of furan rings is 1. The molecule has 9 heteroatoms. The molecule has 1 fully saturated rings. The largest absolute Gasteiger partial charge is 0.462 e. The normalized spacial score (nSPS) is 15.3. The van der Waals surface area contributed by atoms with Gasteiger partial charge in [0.2, 0.25) is 0 Å². The number of amides is 1. The van der Waals surface area contributed by atoms with Gasteiger partial charge in [-0.1, -0.05) is 11.6 Å². The molecule has 1 aliphatic rings. The molecule has 7 nitrogen and oxygen atoms in total. The van der Waals surface area contributed by atoms with Gasteiger partial charge in [-0.25, -0.2) is 9.97 Å². The molecule has 29 heavy (non-hydrogen) atoms. The fraction of sp³-hybridized carbons (Fsp3) is 0.250. The van der Waals surface area contributed by atoms with Crippen LogP contribution in [0.5, 0.6) is 0 Å². The summed E-state index contributed by atoms with van der Waals surface area (Å²) in [7, 11) is 0. The summed E-state index contributed by atoms with van der Waals surface area (Å²) in [6.07, 6.45) is 5.47. The number of pyridine rings is 1. The Morgan fingerprint density at radius 1 is 1.14 bits per heavy atom. The van der Waals surface area contributed by atoms with Gasteiger partial charge in [0, 0.05) is 50.5 Å². The van der Waals surface area contributed by atoms with Crippen LogP contribution in [-0.4, -0.2) is 56.3 Å². The van der Waals surface area contributed by atoms with Gasteiger partial charge in [0.15, 0.2) is 10.8 Å². The van der Waals surface area contributed by atoms with E-state index in [9.17, 15) is 4.79 Å². The van der Waals surface area contributed by atoms with E-state index in [-0.39, 0.29) is 5.91 Å². The highest BCUT2D eigenvalue weighted by atomic mass is 35.5. The molecule has 1 saturated heterocycles. The molecule has 0 saturated carbocycles. The first-order valence-corrected chi connectivity index (χ1v) is 10.6. The van der Waals surface area contributed by atoms with E-state index >= 15 is 0 Å². The minimum absolute atomic E-state index is 0.0268. The Kier molecular flexibility index (Phi) is 4.83. The Labute approximate surface area is 176 Å². The topological polar surface area (TPSA) is 66.9 Å². The smallest absolute Gasteiger partial charge is 0.273 e. The first-order valence-electron chi connectivity index (χ1n) is 9.30. The fourth-order valence-electron chi connectivity index (χ4n) is 3.48. The number of aromatic nitrogens is 3. The van der Waals surface area contributed by atoms with Crippen molar-refractivity contribution < 1.29 is 9.21 Å². The number of nitrogens with zero attached hydrogens (tertiary/aromatic N) is 5. The highest BCUT2D eigenvalue weighted by molar-refractivity contribution is 7.13. The van der Waals surface area contributed by atoms with E-state index < -0.39 is 0 Å². The van der Waals surface area contributed by atoms with Crippen molar-refractivity contribution in [1.82, 2.24) is 24.2 Å². The second-order valence-corrected chi connectivity index (χ2v) is 8.22. The Bertz CT molecular complexity index is 1150. The number of hydrogen-bond donors (Lipinski definition) is 0. The van der Waals surface area contributed by atoms with Crippen LogP contribution < -0.4 is 0 Å². The lowest BCUT2D eigenvalue weighted by atomic mass is 10.2. The molecule has 0 spiro atoms. The quantitative estimate of drug-likeness (QED) is 0.497. The van der Waals surface area contributed by atoms with E-state index in [1.54, 1.807) is 11.6 Å². The van der Waals surface area contributed by atoms with E-state index in [2.05, 4.69) is 14.9 Å². The zero-order valence-corrected chi connectivity index (χ0v) is 17.1. The van der Waals surface area contributed by atoms with E-state index in [0.717, 1.165) is 36.0 Å². The number of imidazole rings is 1. The summed E-state index contributed by atoms with van der Waals surface area (Å²) in [5, 5.41) is 3.21. The molecule has 5 heterocycles. The van der Waals surface area contributed by atoms with Gasteiger partial charge in [-0.15, -0.1) is 11.3 Å². The van der Waals surface area contributed by atoms with Crippen LogP contribution in [-0.2, 0) is 6.54 Å². The van der Waals surface area contributed by atoms with Gasteiger partial charge in [-0.3, -0.25) is 9.69 Å². The first-order chi connectivity index (χ1) is 14.2. The van der Waals surface area contributed by atoms with E-state index in [1.807, 2.05) is 46.0 Å². The summed E-state index contributed by atoms with van der Waals surface area (Å²) in [4.78, 5) is 26.0. The third-order valence-corrected chi connectivity index (χ3v) is 6.05.